The van der Waals surface area contributed by atoms with Gasteiger partial charge in [-0.1, -0.05) is 54.6 Å². The van der Waals surface area contributed by atoms with E-state index in [0.717, 1.165) is 50.2 Å². The summed E-state index contributed by atoms with van der Waals surface area (Å²) in [5.41, 5.74) is 14.0. The molecule has 3 aromatic carbocycles. The molecule has 6 aromatic rings. The Morgan fingerprint density at radius 3 is 2.13 bits per heavy atom. The number of nitrogens with zero attached hydrogens (tertiary/aromatic N) is 5. The van der Waals surface area contributed by atoms with E-state index < -0.39 is 0 Å². The number of anilines is 1. The van der Waals surface area contributed by atoms with E-state index in [2.05, 4.69) is 22.8 Å². The van der Waals surface area contributed by atoms with Gasteiger partial charge in [0, 0.05) is 7.05 Å². The maximum Gasteiger partial charge on any atom is 0.162 e. The number of nitrogen functional groups attached to an aromatic ring is 1. The molecule has 0 unspecified atom stereocenters. The van der Waals surface area contributed by atoms with Crippen molar-refractivity contribution < 1.29 is 0 Å². The van der Waals surface area contributed by atoms with Gasteiger partial charge in [-0.2, -0.15) is 0 Å². The Balaban J connectivity index is 1.69. The van der Waals surface area contributed by atoms with E-state index in [0.29, 0.717) is 12.4 Å². The van der Waals surface area contributed by atoms with E-state index in [1.54, 1.807) is 0 Å². The number of rotatable bonds is 3. The number of fused-ring (bicyclic) bond motifs is 3. The summed E-state index contributed by atoms with van der Waals surface area (Å²) in [6.45, 7) is 0.611. The molecule has 3 heterocycles. The number of imidazole rings is 1. The first kappa shape index (κ1) is 17.7. The molecule has 0 aliphatic heterocycles. The topological polar surface area (TPSA) is 74.5 Å². The van der Waals surface area contributed by atoms with Gasteiger partial charge in [-0.25, -0.2) is 15.0 Å². The third-order valence-corrected chi connectivity index (χ3v) is 5.79. The van der Waals surface area contributed by atoms with Crippen LogP contribution in [0.15, 0.2) is 78.9 Å². The Labute approximate surface area is 178 Å². The van der Waals surface area contributed by atoms with Gasteiger partial charge in [0.2, 0.25) is 0 Å². The molecular formula is C25H20N6. The predicted molar refractivity (Wildman–Crippen MR) is 125 cm³/mol. The second-order valence-corrected chi connectivity index (χ2v) is 7.70. The highest BCUT2D eigenvalue weighted by Crippen LogP contribution is 2.37. The van der Waals surface area contributed by atoms with Gasteiger partial charge in [-0.05, 0) is 29.8 Å². The number of para-hydroxylation sites is 4. The molecule has 3 aromatic heterocycles. The van der Waals surface area contributed by atoms with E-state index in [9.17, 15) is 0 Å². The van der Waals surface area contributed by atoms with Crippen LogP contribution in [0.2, 0.25) is 0 Å². The van der Waals surface area contributed by atoms with E-state index in [4.69, 9.17) is 20.7 Å². The van der Waals surface area contributed by atoms with Crippen molar-refractivity contribution in [3.63, 3.8) is 0 Å². The molecule has 0 bridgehead atoms. The summed E-state index contributed by atoms with van der Waals surface area (Å²) in [5, 5.41) is 0. The third-order valence-electron chi connectivity index (χ3n) is 5.79. The van der Waals surface area contributed by atoms with Gasteiger partial charge in [0.15, 0.2) is 5.65 Å². The molecule has 6 nitrogen and oxygen atoms in total. The smallest absolute Gasteiger partial charge is 0.162 e. The summed E-state index contributed by atoms with van der Waals surface area (Å²) < 4.78 is 4.11. The quantitative estimate of drug-likeness (QED) is 0.461. The molecule has 6 rings (SSSR count). The maximum absolute atomic E-state index is 6.78. The zero-order valence-corrected chi connectivity index (χ0v) is 17.0. The molecule has 0 aliphatic rings. The number of hydrogen-bond donors (Lipinski definition) is 1. The number of nitrogens with two attached hydrogens (primary N) is 1. The molecule has 150 valence electrons. The molecule has 0 saturated heterocycles. The molecule has 0 aliphatic carbocycles. The van der Waals surface area contributed by atoms with Crippen molar-refractivity contribution in [1.82, 2.24) is 24.1 Å². The lowest BCUT2D eigenvalue weighted by Crippen LogP contribution is -2.06. The zero-order valence-electron chi connectivity index (χ0n) is 17.0. The SMILES string of the molecule is Cn1c(-c2c(N)n(Cc3ccccc3)c3nc4ccccc4nc23)nc2ccccc21. The predicted octanol–water partition coefficient (Wildman–Crippen LogP) is 4.77. The molecular weight excluding hydrogens is 384 g/mol. The second-order valence-electron chi connectivity index (χ2n) is 7.70. The van der Waals surface area contributed by atoms with Crippen LogP contribution in [0.25, 0.3) is 44.6 Å². The van der Waals surface area contributed by atoms with Crippen molar-refractivity contribution in [3.05, 3.63) is 84.4 Å². The summed E-state index contributed by atoms with van der Waals surface area (Å²) >= 11 is 0. The average Bonchev–Trinajstić information content (AvgIpc) is 3.26. The molecule has 0 saturated carbocycles. The number of aromatic nitrogens is 5. The van der Waals surface area contributed by atoms with Gasteiger partial charge in [0.1, 0.15) is 17.2 Å². The van der Waals surface area contributed by atoms with Crippen LogP contribution in [0, 0.1) is 0 Å². The molecule has 0 atom stereocenters. The minimum atomic E-state index is 0.611. The van der Waals surface area contributed by atoms with Crippen LogP contribution in [0.3, 0.4) is 0 Å². The minimum absolute atomic E-state index is 0.611. The van der Waals surface area contributed by atoms with Crippen molar-refractivity contribution in [2.24, 2.45) is 7.05 Å². The van der Waals surface area contributed by atoms with Gasteiger partial charge >= 0.3 is 0 Å². The van der Waals surface area contributed by atoms with Crippen molar-refractivity contribution in [2.45, 2.75) is 6.54 Å². The van der Waals surface area contributed by atoms with Crippen LogP contribution >= 0.6 is 0 Å². The maximum atomic E-state index is 6.78. The molecule has 0 spiro atoms. The first-order chi connectivity index (χ1) is 15.2. The van der Waals surface area contributed by atoms with Gasteiger partial charge < -0.3 is 14.9 Å². The summed E-state index contributed by atoms with van der Waals surface area (Å²) in [5.74, 6) is 1.41. The van der Waals surface area contributed by atoms with E-state index in [1.165, 1.54) is 0 Å². The van der Waals surface area contributed by atoms with Crippen LogP contribution in [-0.2, 0) is 13.6 Å². The number of hydrogen-bond acceptors (Lipinski definition) is 4. The molecule has 0 amide bonds. The standard InChI is InChI=1S/C25H20N6/c1-30-20-14-8-7-13-19(20)29-24(30)21-22-25(28-18-12-6-5-11-17(18)27-22)31(23(21)26)15-16-9-3-2-4-10-16/h2-14H,15,26H2,1H3. The second kappa shape index (κ2) is 6.67. The highest BCUT2D eigenvalue weighted by atomic mass is 15.1. The van der Waals surface area contributed by atoms with Gasteiger partial charge in [-0.3, -0.25) is 0 Å². The Morgan fingerprint density at radius 2 is 1.39 bits per heavy atom. The van der Waals surface area contributed by atoms with Gasteiger partial charge in [-0.15, -0.1) is 0 Å². The first-order valence-electron chi connectivity index (χ1n) is 10.2. The average molecular weight is 404 g/mol. The minimum Gasteiger partial charge on any atom is -0.384 e. The summed E-state index contributed by atoms with van der Waals surface area (Å²) in [6.07, 6.45) is 0. The Bertz CT molecular complexity index is 1580. The van der Waals surface area contributed by atoms with E-state index in [-0.39, 0.29) is 0 Å². The van der Waals surface area contributed by atoms with E-state index >= 15 is 0 Å². The largest absolute Gasteiger partial charge is 0.384 e. The Morgan fingerprint density at radius 1 is 0.742 bits per heavy atom. The fourth-order valence-electron chi connectivity index (χ4n) is 4.23. The Hall–Kier alpha value is -4.19. The fraction of sp³-hybridized carbons (Fsp3) is 0.0800. The number of aryl methyl sites for hydroxylation is 1. The molecule has 2 N–H and O–H groups in total. The lowest BCUT2D eigenvalue weighted by atomic mass is 10.2. The highest BCUT2D eigenvalue weighted by molar-refractivity contribution is 6.01. The van der Waals surface area contributed by atoms with Crippen LogP contribution < -0.4 is 5.73 Å². The van der Waals surface area contributed by atoms with Crippen molar-refractivity contribution in [2.75, 3.05) is 5.73 Å². The Kier molecular flexibility index (Phi) is 3.80. The van der Waals surface area contributed by atoms with Crippen LogP contribution in [0.5, 0.6) is 0 Å². The first-order valence-corrected chi connectivity index (χ1v) is 10.2. The zero-order chi connectivity index (χ0) is 20.9. The van der Waals surface area contributed by atoms with Crippen LogP contribution in [0.1, 0.15) is 5.56 Å². The van der Waals surface area contributed by atoms with Crippen LogP contribution in [-0.4, -0.2) is 24.1 Å². The monoisotopic (exact) mass is 404 g/mol. The lowest BCUT2D eigenvalue weighted by Gasteiger charge is -2.08. The fourth-order valence-corrected chi connectivity index (χ4v) is 4.23. The summed E-state index contributed by atoms with van der Waals surface area (Å²) in [6, 6.07) is 26.3. The summed E-state index contributed by atoms with van der Waals surface area (Å²) in [7, 11) is 2.01. The molecule has 0 fully saturated rings. The van der Waals surface area contributed by atoms with Gasteiger partial charge in [0.05, 0.1) is 34.2 Å². The van der Waals surface area contributed by atoms with Gasteiger partial charge in [0.25, 0.3) is 0 Å². The van der Waals surface area contributed by atoms with Crippen LogP contribution in [0.4, 0.5) is 5.82 Å². The van der Waals surface area contributed by atoms with E-state index in [1.807, 2.05) is 72.3 Å². The van der Waals surface area contributed by atoms with Crippen molar-refractivity contribution >= 4 is 39.0 Å². The molecule has 31 heavy (non-hydrogen) atoms. The lowest BCUT2D eigenvalue weighted by molar-refractivity contribution is 0.837. The normalized spacial score (nSPS) is 11.6. The van der Waals surface area contributed by atoms with Crippen molar-refractivity contribution in [3.8, 4) is 11.4 Å². The summed E-state index contributed by atoms with van der Waals surface area (Å²) in [4.78, 5) is 14.8. The number of benzene rings is 3. The molecule has 0 radical (unpaired) electrons. The van der Waals surface area contributed by atoms with Crippen molar-refractivity contribution in [1.29, 1.82) is 0 Å². The highest BCUT2D eigenvalue weighted by Gasteiger charge is 2.24. The molecule has 6 heteroatoms. The third kappa shape index (κ3) is 2.69.